The molecule has 0 bridgehead atoms. The van der Waals surface area contributed by atoms with Gasteiger partial charge >= 0.3 is 0 Å². The summed E-state index contributed by atoms with van der Waals surface area (Å²) in [6.07, 6.45) is 3.24. The van der Waals surface area contributed by atoms with E-state index in [0.717, 1.165) is 5.56 Å². The number of halogens is 2. The highest BCUT2D eigenvalue weighted by Gasteiger charge is 2.09. The van der Waals surface area contributed by atoms with Gasteiger partial charge in [-0.3, -0.25) is 4.68 Å². The van der Waals surface area contributed by atoms with Crippen LogP contribution in [0.3, 0.4) is 0 Å². The van der Waals surface area contributed by atoms with Crippen molar-refractivity contribution >= 4 is 11.4 Å². The fourth-order valence-corrected chi connectivity index (χ4v) is 2.05. The zero-order valence-electron chi connectivity index (χ0n) is 11.1. The van der Waals surface area contributed by atoms with Gasteiger partial charge in [0.1, 0.15) is 17.3 Å². The third-order valence-electron chi connectivity index (χ3n) is 3.05. The van der Waals surface area contributed by atoms with E-state index in [-0.39, 0.29) is 5.69 Å². The Morgan fingerprint density at radius 3 is 2.38 bits per heavy atom. The number of nitrogens with zero attached hydrogens (tertiary/aromatic N) is 2. The van der Waals surface area contributed by atoms with Crippen LogP contribution in [0.4, 0.5) is 20.2 Å². The average Bonchev–Trinajstić information content (AvgIpc) is 2.91. The van der Waals surface area contributed by atoms with Crippen LogP contribution < -0.4 is 5.32 Å². The van der Waals surface area contributed by atoms with Crippen LogP contribution in [0.5, 0.6) is 0 Å². The Labute approximate surface area is 120 Å². The summed E-state index contributed by atoms with van der Waals surface area (Å²) in [6, 6.07) is 13.6. The minimum atomic E-state index is -0.634. The molecule has 0 fully saturated rings. The quantitative estimate of drug-likeness (QED) is 0.786. The number of benzene rings is 2. The van der Waals surface area contributed by atoms with E-state index in [2.05, 4.69) is 10.4 Å². The van der Waals surface area contributed by atoms with Gasteiger partial charge in [-0.05, 0) is 17.7 Å². The second-order valence-corrected chi connectivity index (χ2v) is 4.63. The van der Waals surface area contributed by atoms with E-state index >= 15 is 0 Å². The molecule has 5 heteroatoms. The molecule has 2 aromatic carbocycles. The Bertz CT molecular complexity index is 718. The molecule has 1 heterocycles. The van der Waals surface area contributed by atoms with Gasteiger partial charge in [-0.2, -0.15) is 5.10 Å². The minimum absolute atomic E-state index is 0.170. The molecule has 106 valence electrons. The van der Waals surface area contributed by atoms with Crippen molar-refractivity contribution in [3.8, 4) is 0 Å². The second-order valence-electron chi connectivity index (χ2n) is 4.63. The smallest absolute Gasteiger partial charge is 0.149 e. The van der Waals surface area contributed by atoms with E-state index in [1.807, 2.05) is 30.3 Å². The van der Waals surface area contributed by atoms with Crippen molar-refractivity contribution in [1.82, 2.24) is 9.78 Å². The van der Waals surface area contributed by atoms with Crippen LogP contribution in [0, 0.1) is 11.6 Å². The van der Waals surface area contributed by atoms with Gasteiger partial charge in [0.15, 0.2) is 0 Å². The number of nitrogens with one attached hydrogen (secondary N) is 1. The molecule has 1 N–H and O–H groups in total. The predicted octanol–water partition coefficient (Wildman–Crippen LogP) is 3.95. The van der Waals surface area contributed by atoms with Crippen LogP contribution in [-0.2, 0) is 6.54 Å². The summed E-state index contributed by atoms with van der Waals surface area (Å²) < 4.78 is 28.8. The molecule has 0 amide bonds. The zero-order valence-corrected chi connectivity index (χ0v) is 11.1. The first kappa shape index (κ1) is 13.3. The molecule has 0 aliphatic rings. The first-order valence-electron chi connectivity index (χ1n) is 6.50. The monoisotopic (exact) mass is 285 g/mol. The van der Waals surface area contributed by atoms with Crippen LogP contribution in [0.1, 0.15) is 5.56 Å². The number of hydrogen-bond acceptors (Lipinski definition) is 2. The topological polar surface area (TPSA) is 29.9 Å². The van der Waals surface area contributed by atoms with Crippen LogP contribution in [0.15, 0.2) is 60.9 Å². The second kappa shape index (κ2) is 5.75. The molecule has 0 saturated heterocycles. The molecule has 21 heavy (non-hydrogen) atoms. The van der Waals surface area contributed by atoms with Crippen LogP contribution in [-0.4, -0.2) is 9.78 Å². The average molecular weight is 285 g/mol. The molecule has 0 unspecified atom stereocenters. The van der Waals surface area contributed by atoms with Crippen LogP contribution in [0.2, 0.25) is 0 Å². The maximum absolute atomic E-state index is 13.6. The van der Waals surface area contributed by atoms with Gasteiger partial charge in [0.2, 0.25) is 0 Å². The normalized spacial score (nSPS) is 10.6. The Morgan fingerprint density at radius 1 is 0.952 bits per heavy atom. The fraction of sp³-hybridized carbons (Fsp3) is 0.0625. The van der Waals surface area contributed by atoms with Crippen molar-refractivity contribution in [2.75, 3.05) is 5.32 Å². The first-order valence-corrected chi connectivity index (χ1v) is 6.50. The highest BCUT2D eigenvalue weighted by Crippen LogP contribution is 2.22. The summed E-state index contributed by atoms with van der Waals surface area (Å²) in [4.78, 5) is 0. The summed E-state index contributed by atoms with van der Waals surface area (Å²) in [5.74, 6) is -1.27. The van der Waals surface area contributed by atoms with Crippen molar-refractivity contribution in [1.29, 1.82) is 0 Å². The number of para-hydroxylation sites is 1. The number of aromatic nitrogens is 2. The lowest BCUT2D eigenvalue weighted by Gasteiger charge is -2.06. The van der Waals surface area contributed by atoms with Gasteiger partial charge in [0.25, 0.3) is 0 Å². The molecule has 0 aliphatic carbocycles. The van der Waals surface area contributed by atoms with E-state index in [1.54, 1.807) is 10.9 Å². The standard InChI is InChI=1S/C16H13F2N3/c17-14-7-4-8-15(18)16(14)20-13-9-19-21(11-13)10-12-5-2-1-3-6-12/h1-9,11,20H,10H2. The molecule has 0 aliphatic heterocycles. The Morgan fingerprint density at radius 2 is 1.67 bits per heavy atom. The molecule has 0 spiro atoms. The predicted molar refractivity (Wildman–Crippen MR) is 77.4 cm³/mol. The molecule has 3 aromatic rings. The summed E-state index contributed by atoms with van der Waals surface area (Å²) in [6.45, 7) is 0.599. The minimum Gasteiger partial charge on any atom is -0.348 e. The highest BCUT2D eigenvalue weighted by molar-refractivity contribution is 5.59. The molecule has 0 saturated carbocycles. The lowest BCUT2D eigenvalue weighted by molar-refractivity contribution is 0.591. The van der Waals surface area contributed by atoms with Crippen LogP contribution >= 0.6 is 0 Å². The summed E-state index contributed by atoms with van der Waals surface area (Å²) in [5.41, 5.74) is 1.47. The number of hydrogen-bond donors (Lipinski definition) is 1. The Hall–Kier alpha value is -2.69. The van der Waals surface area contributed by atoms with Crippen molar-refractivity contribution < 1.29 is 8.78 Å². The third-order valence-corrected chi connectivity index (χ3v) is 3.05. The summed E-state index contributed by atoms with van der Waals surface area (Å²) in [5, 5.41) is 6.89. The van der Waals surface area contributed by atoms with Crippen molar-refractivity contribution in [2.24, 2.45) is 0 Å². The van der Waals surface area contributed by atoms with Gasteiger partial charge < -0.3 is 5.32 Å². The maximum atomic E-state index is 13.6. The van der Waals surface area contributed by atoms with Gasteiger partial charge in [0.05, 0.1) is 18.4 Å². The van der Waals surface area contributed by atoms with E-state index in [4.69, 9.17) is 0 Å². The van der Waals surface area contributed by atoms with Gasteiger partial charge in [0, 0.05) is 6.20 Å². The maximum Gasteiger partial charge on any atom is 0.149 e. The summed E-state index contributed by atoms with van der Waals surface area (Å²) >= 11 is 0. The molecular formula is C16H13F2N3. The first-order chi connectivity index (χ1) is 10.2. The molecular weight excluding hydrogens is 272 g/mol. The number of rotatable bonds is 4. The third kappa shape index (κ3) is 3.08. The largest absolute Gasteiger partial charge is 0.348 e. The van der Waals surface area contributed by atoms with E-state index in [0.29, 0.717) is 12.2 Å². The van der Waals surface area contributed by atoms with E-state index in [9.17, 15) is 8.78 Å². The lowest BCUT2D eigenvalue weighted by atomic mass is 10.2. The van der Waals surface area contributed by atoms with Crippen molar-refractivity contribution in [3.63, 3.8) is 0 Å². The molecule has 0 radical (unpaired) electrons. The van der Waals surface area contributed by atoms with Crippen molar-refractivity contribution in [2.45, 2.75) is 6.54 Å². The molecule has 0 atom stereocenters. The highest BCUT2D eigenvalue weighted by atomic mass is 19.1. The fourth-order valence-electron chi connectivity index (χ4n) is 2.05. The van der Waals surface area contributed by atoms with Gasteiger partial charge in [-0.25, -0.2) is 8.78 Å². The SMILES string of the molecule is Fc1cccc(F)c1Nc1cnn(Cc2ccccc2)c1. The summed E-state index contributed by atoms with van der Waals surface area (Å²) in [7, 11) is 0. The van der Waals surface area contributed by atoms with E-state index in [1.165, 1.54) is 24.4 Å². The van der Waals surface area contributed by atoms with E-state index < -0.39 is 11.6 Å². The number of anilines is 2. The Kier molecular flexibility index (Phi) is 3.64. The van der Waals surface area contributed by atoms with Crippen molar-refractivity contribution in [3.05, 3.63) is 78.1 Å². The molecule has 3 nitrogen and oxygen atoms in total. The Balaban J connectivity index is 1.76. The molecule has 3 rings (SSSR count). The van der Waals surface area contributed by atoms with Gasteiger partial charge in [-0.15, -0.1) is 0 Å². The molecule has 1 aromatic heterocycles. The van der Waals surface area contributed by atoms with Gasteiger partial charge in [-0.1, -0.05) is 36.4 Å². The lowest BCUT2D eigenvalue weighted by Crippen LogP contribution is -1.99. The van der Waals surface area contributed by atoms with Crippen LogP contribution in [0.25, 0.3) is 0 Å². The zero-order chi connectivity index (χ0) is 14.7.